The minimum absolute atomic E-state index is 0.317. The van der Waals surface area contributed by atoms with Crippen LogP contribution in [0.3, 0.4) is 0 Å². The van der Waals surface area contributed by atoms with E-state index in [0.29, 0.717) is 5.75 Å². The minimum atomic E-state index is 0.317. The Morgan fingerprint density at radius 3 is 1.76 bits per heavy atom. The van der Waals surface area contributed by atoms with E-state index in [0.717, 1.165) is 49.4 Å². The van der Waals surface area contributed by atoms with E-state index in [2.05, 4.69) is 115 Å². The van der Waals surface area contributed by atoms with Gasteiger partial charge in [0, 0.05) is 11.1 Å². The highest BCUT2D eigenvalue weighted by molar-refractivity contribution is 6.10. The van der Waals surface area contributed by atoms with Crippen LogP contribution in [0.2, 0.25) is 0 Å². The average Bonchev–Trinajstić information content (AvgIpc) is 2.89. The summed E-state index contributed by atoms with van der Waals surface area (Å²) in [7, 11) is 0. The van der Waals surface area contributed by atoms with Gasteiger partial charge in [-0.05, 0) is 49.9 Å². The maximum Gasteiger partial charge on any atom is 0.131 e. The second-order valence-electron chi connectivity index (χ2n) is 8.34. The number of rotatable bonds is 3. The molecule has 0 heterocycles. The third kappa shape index (κ3) is 3.35. The number of fused-ring (bicyclic) bond motifs is 2. The van der Waals surface area contributed by atoms with Gasteiger partial charge < -0.3 is 5.11 Å². The molecule has 6 aromatic carbocycles. The Balaban J connectivity index is 1.59. The molecule has 0 fully saturated rings. The fraction of sp³-hybridized carbons (Fsp3) is 0. The van der Waals surface area contributed by atoms with E-state index in [1.165, 1.54) is 5.56 Å². The number of hydrogen-bond acceptors (Lipinski definition) is 1. The molecule has 0 amide bonds. The van der Waals surface area contributed by atoms with Gasteiger partial charge in [0.05, 0.1) is 0 Å². The zero-order valence-electron chi connectivity index (χ0n) is 18.1. The van der Waals surface area contributed by atoms with Gasteiger partial charge in [0.1, 0.15) is 5.75 Å². The van der Waals surface area contributed by atoms with E-state index >= 15 is 0 Å². The second-order valence-corrected chi connectivity index (χ2v) is 8.34. The third-order valence-corrected chi connectivity index (χ3v) is 6.38. The van der Waals surface area contributed by atoms with Gasteiger partial charge in [-0.3, -0.25) is 0 Å². The molecule has 0 radical (unpaired) electrons. The molecule has 1 N–H and O–H groups in total. The van der Waals surface area contributed by atoms with Crippen molar-refractivity contribution in [1.29, 1.82) is 0 Å². The van der Waals surface area contributed by atoms with Crippen molar-refractivity contribution < 1.29 is 5.11 Å². The molecule has 0 unspecified atom stereocenters. The first kappa shape index (κ1) is 19.3. The first-order valence-electron chi connectivity index (χ1n) is 11.2. The highest BCUT2D eigenvalue weighted by Crippen LogP contribution is 2.45. The fourth-order valence-corrected chi connectivity index (χ4v) is 4.75. The van der Waals surface area contributed by atoms with Gasteiger partial charge in [0.15, 0.2) is 0 Å². The summed E-state index contributed by atoms with van der Waals surface area (Å²) in [6, 6.07) is 43.8. The van der Waals surface area contributed by atoms with Crippen LogP contribution in [0.15, 0.2) is 127 Å². The summed E-state index contributed by atoms with van der Waals surface area (Å²) >= 11 is 0. The number of aromatic hydroxyl groups is 1. The molecule has 0 saturated heterocycles. The summed E-state index contributed by atoms with van der Waals surface area (Å²) in [6.07, 6.45) is 0. The lowest BCUT2D eigenvalue weighted by molar-refractivity contribution is 0.480. The lowest BCUT2D eigenvalue weighted by Gasteiger charge is -2.16. The monoisotopic (exact) mass is 422 g/mol. The summed E-state index contributed by atoms with van der Waals surface area (Å²) in [5.74, 6) is 0.317. The highest BCUT2D eigenvalue weighted by Gasteiger charge is 2.17. The van der Waals surface area contributed by atoms with Crippen molar-refractivity contribution in [3.8, 4) is 39.1 Å². The van der Waals surface area contributed by atoms with Gasteiger partial charge in [0.2, 0.25) is 0 Å². The predicted octanol–water partition coefficient (Wildman–Crippen LogP) is 8.70. The van der Waals surface area contributed by atoms with E-state index in [9.17, 15) is 5.11 Å². The molecular formula is C32H22O. The van der Waals surface area contributed by atoms with Crippen molar-refractivity contribution in [2.45, 2.75) is 0 Å². The first-order valence-corrected chi connectivity index (χ1v) is 11.2. The van der Waals surface area contributed by atoms with Crippen molar-refractivity contribution in [2.75, 3.05) is 0 Å². The van der Waals surface area contributed by atoms with Crippen LogP contribution in [-0.4, -0.2) is 5.11 Å². The maximum atomic E-state index is 11.6. The number of hydrogen-bond donors (Lipinski definition) is 1. The first-order chi connectivity index (χ1) is 16.3. The molecule has 0 aliphatic rings. The average molecular weight is 423 g/mol. The van der Waals surface area contributed by atoms with E-state index in [1.54, 1.807) is 0 Å². The molecule has 6 aromatic rings. The molecule has 0 bridgehead atoms. The largest absolute Gasteiger partial charge is 0.507 e. The molecule has 0 aromatic heterocycles. The normalized spacial score (nSPS) is 11.2. The van der Waals surface area contributed by atoms with Crippen molar-refractivity contribution in [3.63, 3.8) is 0 Å². The third-order valence-electron chi connectivity index (χ3n) is 6.38. The van der Waals surface area contributed by atoms with E-state index in [4.69, 9.17) is 0 Å². The summed E-state index contributed by atoms with van der Waals surface area (Å²) in [4.78, 5) is 0. The Labute approximate surface area is 193 Å². The van der Waals surface area contributed by atoms with Crippen LogP contribution >= 0.6 is 0 Å². The Kier molecular flexibility index (Phi) is 4.66. The van der Waals surface area contributed by atoms with Crippen molar-refractivity contribution in [3.05, 3.63) is 127 Å². The Bertz CT molecular complexity index is 1590. The van der Waals surface area contributed by atoms with Crippen LogP contribution in [0.5, 0.6) is 5.75 Å². The summed E-state index contributed by atoms with van der Waals surface area (Å²) < 4.78 is 0. The lowest BCUT2D eigenvalue weighted by atomic mass is 9.89. The fourth-order valence-electron chi connectivity index (χ4n) is 4.75. The van der Waals surface area contributed by atoms with Gasteiger partial charge in [-0.25, -0.2) is 0 Å². The van der Waals surface area contributed by atoms with Crippen LogP contribution < -0.4 is 0 Å². The molecule has 0 saturated carbocycles. The molecule has 0 aliphatic heterocycles. The molecule has 0 aliphatic carbocycles. The Morgan fingerprint density at radius 1 is 0.394 bits per heavy atom. The molecular weight excluding hydrogens is 400 g/mol. The van der Waals surface area contributed by atoms with Gasteiger partial charge >= 0.3 is 0 Å². The van der Waals surface area contributed by atoms with Crippen LogP contribution in [0.1, 0.15) is 0 Å². The van der Waals surface area contributed by atoms with Crippen molar-refractivity contribution >= 4 is 21.5 Å². The summed E-state index contributed by atoms with van der Waals surface area (Å²) in [5.41, 5.74) is 6.12. The molecule has 0 spiro atoms. The van der Waals surface area contributed by atoms with E-state index in [-0.39, 0.29) is 0 Å². The molecule has 156 valence electrons. The van der Waals surface area contributed by atoms with Crippen LogP contribution in [-0.2, 0) is 0 Å². The topological polar surface area (TPSA) is 20.2 Å². The maximum absolute atomic E-state index is 11.6. The predicted molar refractivity (Wildman–Crippen MR) is 139 cm³/mol. The van der Waals surface area contributed by atoms with Gasteiger partial charge in [-0.2, -0.15) is 0 Å². The molecule has 1 nitrogen and oxygen atoms in total. The second kappa shape index (κ2) is 7.96. The number of phenolic OH excluding ortho intramolecular Hbond substituents is 1. The zero-order valence-corrected chi connectivity index (χ0v) is 18.1. The van der Waals surface area contributed by atoms with Gasteiger partial charge in [-0.15, -0.1) is 0 Å². The molecule has 0 atom stereocenters. The zero-order chi connectivity index (χ0) is 22.2. The van der Waals surface area contributed by atoms with Crippen LogP contribution in [0.4, 0.5) is 0 Å². The molecule has 1 heteroatoms. The molecule has 6 rings (SSSR count). The number of phenols is 1. The van der Waals surface area contributed by atoms with Gasteiger partial charge in [-0.1, -0.05) is 121 Å². The highest BCUT2D eigenvalue weighted by atomic mass is 16.3. The van der Waals surface area contributed by atoms with Crippen LogP contribution in [0.25, 0.3) is 54.9 Å². The van der Waals surface area contributed by atoms with Crippen molar-refractivity contribution in [2.24, 2.45) is 0 Å². The van der Waals surface area contributed by atoms with Crippen molar-refractivity contribution in [1.82, 2.24) is 0 Å². The molecule has 33 heavy (non-hydrogen) atoms. The van der Waals surface area contributed by atoms with Crippen LogP contribution in [0, 0.1) is 0 Å². The standard InChI is InChI=1S/C32H22O/c33-32-30(25-19-17-23(18-20-25)22-9-2-1-3-10-22)21-26-12-5-7-15-28(26)31(32)29-16-8-13-24-11-4-6-14-27(24)29/h1-21,33H. The SMILES string of the molecule is Oc1c(-c2ccc(-c3ccccc3)cc2)cc2ccccc2c1-c1cccc2ccccc12. The lowest BCUT2D eigenvalue weighted by Crippen LogP contribution is -1.89. The van der Waals surface area contributed by atoms with E-state index in [1.807, 2.05) is 12.1 Å². The number of benzene rings is 6. The summed E-state index contributed by atoms with van der Waals surface area (Å²) in [6.45, 7) is 0. The van der Waals surface area contributed by atoms with Gasteiger partial charge in [0.25, 0.3) is 0 Å². The Morgan fingerprint density at radius 2 is 0.970 bits per heavy atom. The smallest absolute Gasteiger partial charge is 0.131 e. The van der Waals surface area contributed by atoms with E-state index < -0.39 is 0 Å². The quantitative estimate of drug-likeness (QED) is 0.302. The Hall–Kier alpha value is -4.36. The summed E-state index contributed by atoms with van der Waals surface area (Å²) in [5, 5.41) is 16.1. The minimum Gasteiger partial charge on any atom is -0.507 e.